The van der Waals surface area contributed by atoms with Crippen molar-refractivity contribution < 1.29 is 63.1 Å². The summed E-state index contributed by atoms with van der Waals surface area (Å²) in [5, 5.41) is 63.9. The van der Waals surface area contributed by atoms with Crippen LogP contribution in [0.2, 0.25) is 0 Å². The van der Waals surface area contributed by atoms with Gasteiger partial charge in [-0.25, -0.2) is 29.3 Å². The second-order valence-corrected chi connectivity index (χ2v) is 26.9. The van der Waals surface area contributed by atoms with Crippen LogP contribution in [0, 0.1) is 27.7 Å². The van der Waals surface area contributed by atoms with E-state index in [1.54, 1.807) is 37.3 Å². The number of phenolic OH excluding ortho intramolecular Hbond substituents is 2. The molecule has 0 amide bonds. The number of aryl methyl sites for hydroxylation is 5. The summed E-state index contributed by atoms with van der Waals surface area (Å²) < 4.78 is 26.1. The first-order chi connectivity index (χ1) is 54.0. The van der Waals surface area contributed by atoms with Crippen LogP contribution in [0.25, 0.3) is 83.5 Å². The summed E-state index contributed by atoms with van der Waals surface area (Å²) in [6.07, 6.45) is 23.2. The van der Waals surface area contributed by atoms with E-state index in [1.165, 1.54) is 23.8 Å². The second-order valence-electron chi connectivity index (χ2n) is 26.9. The molecule has 16 aromatic rings. The molecule has 0 bridgehead atoms. The van der Waals surface area contributed by atoms with E-state index in [1.807, 2.05) is 227 Å². The summed E-state index contributed by atoms with van der Waals surface area (Å²) in [6, 6.07) is 47.5. The van der Waals surface area contributed by atoms with Crippen LogP contribution in [-0.4, -0.2) is 112 Å². The third-order valence-electron chi connectivity index (χ3n) is 17.7. The van der Waals surface area contributed by atoms with Crippen molar-refractivity contribution in [3.05, 3.63) is 312 Å². The highest BCUT2D eigenvalue weighted by Crippen LogP contribution is 2.27. The first kappa shape index (κ1) is 81.7. The first-order valence-electron chi connectivity index (χ1n) is 36.3. The largest absolute Gasteiger partial charge is 0.508 e. The summed E-state index contributed by atoms with van der Waals surface area (Å²) in [5.41, 5.74) is 16.4. The number of hydrogen-bond acceptors (Lipinski definition) is 19. The van der Waals surface area contributed by atoms with Gasteiger partial charge in [0.15, 0.2) is 6.29 Å². The molecule has 7 N–H and O–H groups in total. The molecule has 0 aliphatic heterocycles. The molecule has 0 spiro atoms. The number of aldehydes is 1. The van der Waals surface area contributed by atoms with Gasteiger partial charge in [-0.2, -0.15) is 0 Å². The lowest BCUT2D eigenvalue weighted by molar-refractivity contribution is -0.617. The fourth-order valence-electron chi connectivity index (χ4n) is 11.8. The summed E-state index contributed by atoms with van der Waals surface area (Å²) >= 11 is 0. The number of carbonyl (C=O) groups is 2. The minimum Gasteiger partial charge on any atom is -0.508 e. The van der Waals surface area contributed by atoms with Gasteiger partial charge in [0.05, 0.1) is 83.7 Å². The number of aromatic nitrogens is 8. The quantitative estimate of drug-likeness (QED) is 0.0268. The molecule has 0 saturated carbocycles. The molecule has 0 aliphatic rings. The minimum absolute atomic E-state index is 0.0194. The molecular weight excluding hydrogens is 1420 g/mol. The maximum absolute atomic E-state index is 12.6. The van der Waals surface area contributed by atoms with Crippen molar-refractivity contribution in [1.29, 1.82) is 0 Å². The molecule has 0 unspecified atom stereocenters. The Labute approximate surface area is 644 Å². The number of carbonyl (C=O) groups excluding carboxylic acids is 2. The Kier molecular flexibility index (Phi) is 28.1. The van der Waals surface area contributed by atoms with Gasteiger partial charge in [0.1, 0.15) is 51.0 Å². The van der Waals surface area contributed by atoms with Gasteiger partial charge >= 0.3 is 16.9 Å². The number of pyridine rings is 3. The number of aliphatic hydroxyl groups is 5. The van der Waals surface area contributed by atoms with Crippen LogP contribution < -0.4 is 21.4 Å². The first-order valence-corrected chi connectivity index (χ1v) is 36.3. The summed E-state index contributed by atoms with van der Waals surface area (Å²) in [5.74, 6) is 0.248. The second kappa shape index (κ2) is 38.5. The van der Waals surface area contributed by atoms with E-state index in [-0.39, 0.29) is 60.5 Å². The number of Topliss-reactive ketones (excluding diaryl/α,β-unsaturated/α-hetero) is 1. The standard InChI is InChI=1S/C21H21N3O3.C19H16N2O2.C18H15N2O3.C11H12N2O.C8H8O3.C7H8O2.C4H10O/c1-14-3-6-20-22-18(13-24(20)11-14)17-10-16-5-4-15(12-23(2)7-8-25)9-19(16)27-21(17)26;1-3-13-5-6-14-9-15(19(22)23-17(14)8-13)16-11-21-10-12(2)4-7-18(21)20-16;1-12-4-5-19-9-15(10-20(19)8-12)16-7-14-3-2-13(11-21)6-17(14)23-18(16)22;1-8-3-4-11-12-10(5-9(2)14)7-13(11)6-8;9-4-6-1-2-7(5-10)8(11)3-6;8-5-6-2-1-3-7(9)4-6;1-2-3-4-5/h3-6,9-11,13,25H,7-8,12H2,1-2H3;4-11H,3H2,1-2H3;2-10,21H,11H2,1H3;3-4,6-7H,5H2,1-2H3;1-3,5,9,11H,4H2;1-4,8-9H,5H2;5H,2-4H2,1H3/q;;+1;;;;. The summed E-state index contributed by atoms with van der Waals surface area (Å²) in [7, 11) is 1.94. The molecule has 11 aromatic heterocycles. The van der Waals surface area contributed by atoms with Crippen molar-refractivity contribution >= 4 is 61.9 Å². The van der Waals surface area contributed by atoms with E-state index in [2.05, 4.69) is 34.9 Å². The number of ketones is 1. The van der Waals surface area contributed by atoms with E-state index < -0.39 is 5.63 Å². The number of unbranched alkanes of at least 4 members (excludes halogenated alkanes) is 1. The van der Waals surface area contributed by atoms with Crippen molar-refractivity contribution in [2.75, 3.05) is 26.8 Å². The SMILES string of the molecule is CC(=O)Cc1cn2cc(C)ccc2n1.CCCCO.CCc1ccc2cc(-c3cn4cc(C)ccc4n3)c(=O)oc2c1.Cc1ccc2nc(-c3cc4ccc(CN(C)CCO)cc4oc3=O)cn2c1.Cc1ccn2cc(-c3cc4ccc(CO)cc4oc3=O)c[n+]2c1.O=Cc1ccc(CO)cc1O.OCc1cccc(O)c1. The zero-order chi connectivity index (χ0) is 80.1. The summed E-state index contributed by atoms with van der Waals surface area (Å²) in [6.45, 7) is 15.3. The molecule has 576 valence electrons. The van der Waals surface area contributed by atoms with E-state index in [0.29, 0.717) is 88.4 Å². The average molecular weight is 1510 g/mol. The van der Waals surface area contributed by atoms with Crippen molar-refractivity contribution in [1.82, 2.24) is 37.6 Å². The molecule has 16 rings (SSSR count). The Morgan fingerprint density at radius 2 is 1.00 bits per heavy atom. The molecule has 112 heavy (non-hydrogen) atoms. The van der Waals surface area contributed by atoms with Gasteiger partial charge in [-0.1, -0.05) is 97.6 Å². The third-order valence-corrected chi connectivity index (χ3v) is 17.7. The predicted molar refractivity (Wildman–Crippen MR) is 431 cm³/mol. The number of phenols is 2. The molecular formula is C88H90N9O15+. The van der Waals surface area contributed by atoms with Crippen molar-refractivity contribution in [3.8, 4) is 45.1 Å². The predicted octanol–water partition coefficient (Wildman–Crippen LogP) is 13.1. The van der Waals surface area contributed by atoms with Gasteiger partial charge in [0, 0.05) is 85.0 Å². The molecule has 24 heteroatoms. The normalized spacial score (nSPS) is 10.9. The van der Waals surface area contributed by atoms with Crippen LogP contribution >= 0.6 is 0 Å². The Morgan fingerprint density at radius 1 is 0.509 bits per heavy atom. The Balaban J connectivity index is 0.000000146. The van der Waals surface area contributed by atoms with Crippen LogP contribution in [0.5, 0.6) is 11.5 Å². The highest BCUT2D eigenvalue weighted by atomic mass is 16.4. The van der Waals surface area contributed by atoms with Gasteiger partial charge in [0.2, 0.25) is 12.4 Å². The number of nitrogens with zero attached hydrogens (tertiary/aromatic N) is 9. The Hall–Kier alpha value is -12.8. The molecule has 0 radical (unpaired) electrons. The number of rotatable bonds is 16. The van der Waals surface area contributed by atoms with Crippen LogP contribution in [0.4, 0.5) is 0 Å². The number of likely N-dealkylation sites (N-methyl/N-ethyl adjacent to an activating group) is 1. The molecule has 0 atom stereocenters. The number of fused-ring (bicyclic) bond motifs is 7. The monoisotopic (exact) mass is 1510 g/mol. The van der Waals surface area contributed by atoms with Gasteiger partial charge in [-0.3, -0.25) is 14.5 Å². The molecule has 0 fully saturated rings. The number of imidazole rings is 3. The Morgan fingerprint density at radius 3 is 1.49 bits per heavy atom. The minimum atomic E-state index is -0.400. The molecule has 11 heterocycles. The zero-order valence-electron chi connectivity index (χ0n) is 63.6. The van der Waals surface area contributed by atoms with Gasteiger partial charge in [-0.15, -0.1) is 4.52 Å². The molecule has 0 aliphatic carbocycles. The lowest BCUT2D eigenvalue weighted by atomic mass is 10.1. The van der Waals surface area contributed by atoms with Crippen molar-refractivity contribution in [2.24, 2.45) is 0 Å². The smallest absolute Gasteiger partial charge is 0.345 e. The highest BCUT2D eigenvalue weighted by Gasteiger charge is 2.18. The molecule has 24 nitrogen and oxygen atoms in total. The average Bonchev–Trinajstić information content (AvgIpc) is 1.73. The maximum Gasteiger partial charge on any atom is 0.345 e. The van der Waals surface area contributed by atoms with Crippen molar-refractivity contribution in [3.63, 3.8) is 0 Å². The zero-order valence-corrected chi connectivity index (χ0v) is 63.6. The maximum atomic E-state index is 12.6. The van der Waals surface area contributed by atoms with Crippen LogP contribution in [0.15, 0.2) is 247 Å². The van der Waals surface area contributed by atoms with Crippen LogP contribution in [0.3, 0.4) is 0 Å². The van der Waals surface area contributed by atoms with Crippen LogP contribution in [-0.2, 0) is 44.0 Å². The van der Waals surface area contributed by atoms with E-state index in [4.69, 9.17) is 43.9 Å². The van der Waals surface area contributed by atoms with Crippen LogP contribution in [0.1, 0.15) is 99.7 Å². The molecule has 0 saturated heterocycles. The number of hydrogen-bond donors (Lipinski definition) is 7. The Bertz CT molecular complexity index is 5970. The van der Waals surface area contributed by atoms with E-state index >= 15 is 0 Å². The fourth-order valence-corrected chi connectivity index (χ4v) is 11.8. The van der Waals surface area contributed by atoms with Gasteiger partial charge in [-0.05, 0) is 184 Å². The van der Waals surface area contributed by atoms with Crippen molar-refractivity contribution in [2.45, 2.75) is 101 Å². The lowest BCUT2D eigenvalue weighted by Crippen LogP contribution is -2.26. The third kappa shape index (κ3) is 21.6. The number of aromatic hydroxyl groups is 2. The topological polar surface area (TPSA) is 330 Å². The van der Waals surface area contributed by atoms with Gasteiger partial charge < -0.3 is 62.2 Å². The highest BCUT2D eigenvalue weighted by molar-refractivity contribution is 5.84. The molecule has 5 aromatic carbocycles. The van der Waals surface area contributed by atoms with E-state index in [9.17, 15) is 29.1 Å². The number of benzene rings is 5. The van der Waals surface area contributed by atoms with E-state index in [0.717, 1.165) is 97.0 Å². The summed E-state index contributed by atoms with van der Waals surface area (Å²) in [4.78, 5) is 73.8. The van der Waals surface area contributed by atoms with Gasteiger partial charge in [0.25, 0.3) is 0 Å². The lowest BCUT2D eigenvalue weighted by Gasteiger charge is -2.15. The number of aliphatic hydroxyl groups excluding tert-OH is 5. The fraction of sp³-hybridized carbons (Fsp3) is 0.216.